The van der Waals surface area contributed by atoms with Crippen LogP contribution in [0.15, 0.2) is 64.8 Å². The highest BCUT2D eigenvalue weighted by atomic mass is 32.2. The van der Waals surface area contributed by atoms with Crippen molar-refractivity contribution in [1.29, 1.82) is 0 Å². The van der Waals surface area contributed by atoms with Gasteiger partial charge in [0, 0.05) is 18.9 Å². The van der Waals surface area contributed by atoms with Crippen molar-refractivity contribution in [1.82, 2.24) is 19.5 Å². The second-order valence-electron chi connectivity index (χ2n) is 11.5. The largest absolute Gasteiger partial charge is 0.569 e. The van der Waals surface area contributed by atoms with E-state index in [9.17, 15) is 41.2 Å². The average Bonchev–Trinajstić information content (AvgIpc) is 3.52. The number of esters is 1. The van der Waals surface area contributed by atoms with Gasteiger partial charge in [-0.2, -0.15) is 18.3 Å². The van der Waals surface area contributed by atoms with Gasteiger partial charge in [0.1, 0.15) is 12.1 Å². The molecule has 1 atom stereocenters. The van der Waals surface area contributed by atoms with E-state index in [2.05, 4.69) is 15.1 Å². The first-order valence-electron chi connectivity index (χ1n) is 15.2. The first kappa shape index (κ1) is 40.0. The molecule has 0 fully saturated rings. The number of amides is 1. The average molecular weight is 743 g/mol. The van der Waals surface area contributed by atoms with Crippen LogP contribution in [0.2, 0.25) is 0 Å². The number of alkyl halides is 3. The number of aromatic nitrogens is 2. The highest BCUT2D eigenvalue weighted by Crippen LogP contribution is 2.33. The fraction of sp³-hybridized carbons (Fsp3) is 0.419. The molecular weight excluding hydrogens is 705 g/mol. The van der Waals surface area contributed by atoms with E-state index < -0.39 is 64.6 Å². The van der Waals surface area contributed by atoms with Gasteiger partial charge in [-0.25, -0.2) is 22.6 Å². The number of carbonyl (C=O) groups is 3. The van der Waals surface area contributed by atoms with Crippen molar-refractivity contribution < 1.29 is 60.0 Å². The minimum atomic E-state index is -4.73. The standard InChI is InChI=1S/C31H37F3N6O10S/c1-7-47-29(43)49-21(3)50-37-40(44)38(6)30(4,5)19-48-28(42)17-16-27(41)36-51(45,46)24-14-12-23(13-15-24)39-25(18-26(35-39)31(32,33)34)22-10-8-20(2)9-11-22/h8-15,18,21H,7,16-17,19H2,1-6H3,(H,36,41)/b40-37-. The Bertz CT molecular complexity index is 1830. The number of rotatable bonds is 15. The highest BCUT2D eigenvalue weighted by Gasteiger charge is 2.36. The smallest absolute Gasteiger partial charge is 0.511 e. The van der Waals surface area contributed by atoms with Crippen LogP contribution in [-0.4, -0.2) is 78.3 Å². The normalized spacial score (nSPS) is 12.8. The van der Waals surface area contributed by atoms with Gasteiger partial charge < -0.3 is 19.4 Å². The molecule has 16 nitrogen and oxygen atoms in total. The molecule has 20 heteroatoms. The Balaban J connectivity index is 1.57. The Labute approximate surface area is 291 Å². The summed E-state index contributed by atoms with van der Waals surface area (Å²) in [5, 5.41) is 20.3. The zero-order valence-corrected chi connectivity index (χ0v) is 29.3. The summed E-state index contributed by atoms with van der Waals surface area (Å²) >= 11 is 0. The van der Waals surface area contributed by atoms with Crippen LogP contribution in [0.25, 0.3) is 16.9 Å². The second-order valence-corrected chi connectivity index (χ2v) is 13.2. The number of ether oxygens (including phenoxy) is 3. The van der Waals surface area contributed by atoms with E-state index in [1.165, 1.54) is 40.0 Å². The molecule has 2 aromatic carbocycles. The minimum absolute atomic E-state index is 0.0292. The van der Waals surface area contributed by atoms with Crippen LogP contribution in [-0.2, 0) is 44.8 Å². The van der Waals surface area contributed by atoms with Gasteiger partial charge in [0.2, 0.25) is 11.2 Å². The summed E-state index contributed by atoms with van der Waals surface area (Å²) in [6, 6.07) is 12.3. The summed E-state index contributed by atoms with van der Waals surface area (Å²) in [6.07, 6.45) is -8.09. The molecule has 1 aromatic heterocycles. The van der Waals surface area contributed by atoms with E-state index >= 15 is 0 Å². The van der Waals surface area contributed by atoms with Gasteiger partial charge in [-0.15, -0.1) is 5.01 Å². The molecule has 0 bridgehead atoms. The Morgan fingerprint density at radius 1 is 1.06 bits per heavy atom. The summed E-state index contributed by atoms with van der Waals surface area (Å²) in [5.41, 5.74) is -0.706. The quantitative estimate of drug-likeness (QED) is 0.0719. The van der Waals surface area contributed by atoms with Crippen molar-refractivity contribution in [2.45, 2.75) is 70.4 Å². The lowest BCUT2D eigenvalue weighted by molar-refractivity contribution is -0.722. The molecule has 1 amide bonds. The summed E-state index contributed by atoms with van der Waals surface area (Å²) in [4.78, 5) is 40.5. The lowest BCUT2D eigenvalue weighted by Gasteiger charge is -2.30. The monoisotopic (exact) mass is 742 g/mol. The second kappa shape index (κ2) is 16.5. The molecule has 1 unspecified atom stereocenters. The zero-order valence-electron chi connectivity index (χ0n) is 28.5. The fourth-order valence-corrected chi connectivity index (χ4v) is 5.03. The lowest BCUT2D eigenvalue weighted by atomic mass is 10.1. The van der Waals surface area contributed by atoms with E-state index in [1.807, 2.05) is 11.6 Å². The lowest BCUT2D eigenvalue weighted by Crippen LogP contribution is -2.49. The molecule has 0 radical (unpaired) electrons. The number of carbonyl (C=O) groups excluding carboxylic acids is 3. The number of nitrogens with zero attached hydrogens (tertiary/aromatic N) is 5. The first-order valence-corrected chi connectivity index (χ1v) is 16.7. The number of hydrazine groups is 1. The Kier molecular flexibility index (Phi) is 13.0. The first-order chi connectivity index (χ1) is 23.7. The van der Waals surface area contributed by atoms with E-state index in [0.717, 1.165) is 33.5 Å². The van der Waals surface area contributed by atoms with Crippen LogP contribution in [0.4, 0.5) is 18.0 Å². The summed E-state index contributed by atoms with van der Waals surface area (Å²) in [6.45, 7) is 7.44. The molecule has 0 saturated heterocycles. The molecule has 0 aliphatic rings. The van der Waals surface area contributed by atoms with Gasteiger partial charge in [0.05, 0.1) is 41.3 Å². The van der Waals surface area contributed by atoms with E-state index in [0.29, 0.717) is 5.56 Å². The van der Waals surface area contributed by atoms with Gasteiger partial charge in [-0.05, 0) is 58.0 Å². The van der Waals surface area contributed by atoms with E-state index in [4.69, 9.17) is 14.3 Å². The maximum Gasteiger partial charge on any atom is 0.511 e. The van der Waals surface area contributed by atoms with Crippen molar-refractivity contribution >= 4 is 28.1 Å². The van der Waals surface area contributed by atoms with Crippen LogP contribution in [0, 0.1) is 12.1 Å². The van der Waals surface area contributed by atoms with Crippen molar-refractivity contribution in [2.75, 3.05) is 20.3 Å². The molecule has 0 aliphatic heterocycles. The van der Waals surface area contributed by atoms with Gasteiger partial charge in [0.25, 0.3) is 16.3 Å². The number of likely N-dealkylation sites (N-methyl/N-ethyl adjacent to an activating group) is 1. The maximum absolute atomic E-state index is 13.5. The third-order valence-corrected chi connectivity index (χ3v) is 8.44. The predicted molar refractivity (Wildman–Crippen MR) is 171 cm³/mol. The highest BCUT2D eigenvalue weighted by molar-refractivity contribution is 7.90. The van der Waals surface area contributed by atoms with Crippen molar-refractivity contribution in [3.05, 3.63) is 71.1 Å². The number of sulfonamides is 1. The van der Waals surface area contributed by atoms with Crippen LogP contribution < -0.4 is 4.72 Å². The number of nitrogens with one attached hydrogen (secondary N) is 1. The topological polar surface area (TPSA) is 194 Å². The van der Waals surface area contributed by atoms with E-state index in [-0.39, 0.29) is 34.5 Å². The molecule has 0 spiro atoms. The molecule has 0 aliphatic carbocycles. The third-order valence-electron chi connectivity index (χ3n) is 7.05. The predicted octanol–water partition coefficient (Wildman–Crippen LogP) is 5.03. The maximum atomic E-state index is 13.5. The molecule has 1 N–H and O–H groups in total. The van der Waals surface area contributed by atoms with E-state index in [1.54, 1.807) is 31.2 Å². The number of hydrogen-bond acceptors (Lipinski definition) is 12. The molecule has 3 rings (SSSR count). The Morgan fingerprint density at radius 2 is 1.69 bits per heavy atom. The summed E-state index contributed by atoms with van der Waals surface area (Å²) < 4.78 is 83.6. The molecule has 51 heavy (non-hydrogen) atoms. The summed E-state index contributed by atoms with van der Waals surface area (Å²) in [7, 11) is -3.12. The Morgan fingerprint density at radius 3 is 2.27 bits per heavy atom. The third kappa shape index (κ3) is 11.3. The number of aryl methyl sites for hydroxylation is 1. The van der Waals surface area contributed by atoms with Crippen molar-refractivity contribution in [3.63, 3.8) is 0 Å². The van der Waals surface area contributed by atoms with Crippen LogP contribution in [0.3, 0.4) is 0 Å². The molecule has 3 aromatic rings. The molecule has 0 saturated carbocycles. The van der Waals surface area contributed by atoms with Crippen LogP contribution >= 0.6 is 0 Å². The molecule has 1 heterocycles. The van der Waals surface area contributed by atoms with Crippen molar-refractivity contribution in [3.8, 4) is 16.9 Å². The molecule has 278 valence electrons. The fourth-order valence-electron chi connectivity index (χ4n) is 4.01. The number of hydrogen-bond donors (Lipinski definition) is 1. The summed E-state index contributed by atoms with van der Waals surface area (Å²) in [5.74, 6) is -1.91. The SMILES string of the molecule is CCOC(=O)OC(C)O/N=[N+](\[O-])N(C)C(C)(C)COC(=O)CCC(=O)NS(=O)(=O)c1ccc(-n2nc(C(F)(F)F)cc2-c2ccc(C)cc2)cc1. The van der Waals surface area contributed by atoms with Gasteiger partial charge >= 0.3 is 18.3 Å². The van der Waals surface area contributed by atoms with Crippen molar-refractivity contribution in [2.24, 2.45) is 5.28 Å². The number of benzene rings is 2. The molecular formula is C31H37F3N6O10S. The van der Waals surface area contributed by atoms with Gasteiger partial charge in [0.15, 0.2) is 5.69 Å². The van der Waals surface area contributed by atoms with Crippen LogP contribution in [0.1, 0.15) is 51.8 Å². The van der Waals surface area contributed by atoms with Gasteiger partial charge in [-0.3, -0.25) is 14.4 Å². The van der Waals surface area contributed by atoms with Crippen LogP contribution in [0.5, 0.6) is 0 Å². The van der Waals surface area contributed by atoms with Gasteiger partial charge in [-0.1, -0.05) is 29.8 Å². The minimum Gasteiger partial charge on any atom is -0.569 e. The zero-order chi connectivity index (χ0) is 38.1. The Hall–Kier alpha value is -5.40. The number of halogens is 3.